The first-order chi connectivity index (χ1) is 20.8. The van der Waals surface area contributed by atoms with Crippen molar-refractivity contribution in [2.45, 2.75) is 0 Å². The molecule has 42 heavy (non-hydrogen) atoms. The molecule has 8 rings (SSSR count). The quantitative estimate of drug-likeness (QED) is 0.210. The fraction of sp³-hybridized carbons (Fsp3) is 0. The highest BCUT2D eigenvalue weighted by atomic mass is 14.9. The molecule has 0 saturated heterocycles. The summed E-state index contributed by atoms with van der Waals surface area (Å²) < 4.78 is 0. The van der Waals surface area contributed by atoms with Gasteiger partial charge in [-0.1, -0.05) is 115 Å². The first-order valence-corrected chi connectivity index (χ1v) is 14.0. The van der Waals surface area contributed by atoms with Gasteiger partial charge in [0.2, 0.25) is 0 Å². The first kappa shape index (κ1) is 24.1. The van der Waals surface area contributed by atoms with Crippen LogP contribution in [0.2, 0.25) is 0 Å². The summed E-state index contributed by atoms with van der Waals surface area (Å²) in [6, 6.07) is 45.8. The van der Waals surface area contributed by atoms with E-state index in [0.717, 1.165) is 71.8 Å². The highest BCUT2D eigenvalue weighted by molar-refractivity contribution is 6.05. The molecule has 0 fully saturated rings. The second-order valence-corrected chi connectivity index (χ2v) is 10.3. The number of pyridine rings is 2. The van der Waals surface area contributed by atoms with E-state index in [0.29, 0.717) is 5.82 Å². The minimum Gasteiger partial charge on any atom is -0.253 e. The third-order valence-electron chi connectivity index (χ3n) is 7.74. The Morgan fingerprint density at radius 1 is 0.405 bits per heavy atom. The minimum absolute atomic E-state index is 0.692. The summed E-state index contributed by atoms with van der Waals surface area (Å²) in [6.45, 7) is 0. The van der Waals surface area contributed by atoms with E-state index in [4.69, 9.17) is 19.9 Å². The lowest BCUT2D eigenvalue weighted by Gasteiger charge is -2.13. The van der Waals surface area contributed by atoms with Crippen LogP contribution in [0.5, 0.6) is 0 Å². The van der Waals surface area contributed by atoms with Crippen LogP contribution in [-0.2, 0) is 0 Å². The number of para-hydroxylation sites is 1. The smallest absolute Gasteiger partial charge is 0.161 e. The topological polar surface area (TPSA) is 51.6 Å². The summed E-state index contributed by atoms with van der Waals surface area (Å²) in [5.74, 6) is 0.692. The molecule has 0 N–H and O–H groups in total. The maximum Gasteiger partial charge on any atom is 0.161 e. The van der Waals surface area contributed by atoms with Crippen molar-refractivity contribution in [2.75, 3.05) is 0 Å². The number of hydrogen-bond acceptors (Lipinski definition) is 4. The number of aromatic nitrogens is 4. The number of nitrogens with zero attached hydrogens (tertiary/aromatic N) is 4. The molecule has 0 saturated carbocycles. The van der Waals surface area contributed by atoms with E-state index in [2.05, 4.69) is 78.9 Å². The van der Waals surface area contributed by atoms with Crippen molar-refractivity contribution < 1.29 is 0 Å². The van der Waals surface area contributed by atoms with Crippen LogP contribution in [0, 0.1) is 0 Å². The molecule has 3 aromatic heterocycles. The van der Waals surface area contributed by atoms with Gasteiger partial charge in [-0.2, -0.15) is 0 Å². The molecular formula is C38H24N4. The maximum atomic E-state index is 5.12. The largest absolute Gasteiger partial charge is 0.253 e. The molecule has 196 valence electrons. The molecule has 0 amide bonds. The van der Waals surface area contributed by atoms with E-state index >= 15 is 0 Å². The average molecular weight is 537 g/mol. The summed E-state index contributed by atoms with van der Waals surface area (Å²) in [4.78, 5) is 19.9. The molecule has 4 nitrogen and oxygen atoms in total. The van der Waals surface area contributed by atoms with E-state index in [-0.39, 0.29) is 0 Å². The van der Waals surface area contributed by atoms with Gasteiger partial charge in [-0.25, -0.2) is 9.97 Å². The minimum atomic E-state index is 0.692. The Morgan fingerprint density at radius 3 is 1.71 bits per heavy atom. The van der Waals surface area contributed by atoms with E-state index in [1.54, 1.807) is 0 Å². The fourth-order valence-corrected chi connectivity index (χ4v) is 5.67. The van der Waals surface area contributed by atoms with Gasteiger partial charge >= 0.3 is 0 Å². The standard InChI is InChI=1S/C38H24N4/c1-3-11-25(12-4-1)29-21-27-19-20-28-22-30(24-40-37(28)36(27)39-23-29)31-15-7-8-16-32(31)38-41-34-18-10-9-17-33(34)35(42-38)26-13-5-2-6-14-26/h1-24H. The predicted molar refractivity (Wildman–Crippen MR) is 172 cm³/mol. The molecule has 3 heterocycles. The number of fused-ring (bicyclic) bond motifs is 4. The molecule has 5 aromatic carbocycles. The van der Waals surface area contributed by atoms with Crippen molar-refractivity contribution >= 4 is 32.7 Å². The fourth-order valence-electron chi connectivity index (χ4n) is 5.67. The third kappa shape index (κ3) is 4.18. The molecule has 0 spiro atoms. The summed E-state index contributed by atoms with van der Waals surface area (Å²) >= 11 is 0. The first-order valence-electron chi connectivity index (χ1n) is 14.0. The molecule has 0 aliphatic rings. The molecule has 4 heteroatoms. The molecular weight excluding hydrogens is 512 g/mol. The zero-order valence-corrected chi connectivity index (χ0v) is 22.6. The Balaban J connectivity index is 1.26. The lowest BCUT2D eigenvalue weighted by Crippen LogP contribution is -1.97. The zero-order valence-electron chi connectivity index (χ0n) is 22.6. The summed E-state index contributed by atoms with van der Waals surface area (Å²) in [5, 5.41) is 3.15. The molecule has 0 atom stereocenters. The van der Waals surface area contributed by atoms with Gasteiger partial charge in [0.15, 0.2) is 5.82 Å². The van der Waals surface area contributed by atoms with Crippen LogP contribution in [0.4, 0.5) is 0 Å². The average Bonchev–Trinajstić information content (AvgIpc) is 3.08. The van der Waals surface area contributed by atoms with Gasteiger partial charge in [-0.15, -0.1) is 0 Å². The van der Waals surface area contributed by atoms with Crippen LogP contribution in [0.25, 0.3) is 77.6 Å². The van der Waals surface area contributed by atoms with Gasteiger partial charge in [-0.3, -0.25) is 9.97 Å². The predicted octanol–water partition coefficient (Wildman–Crippen LogP) is 9.39. The highest BCUT2D eigenvalue weighted by Crippen LogP contribution is 2.35. The lowest BCUT2D eigenvalue weighted by atomic mass is 9.98. The van der Waals surface area contributed by atoms with Crippen LogP contribution in [0.3, 0.4) is 0 Å². The van der Waals surface area contributed by atoms with Crippen molar-refractivity contribution in [3.05, 3.63) is 146 Å². The monoisotopic (exact) mass is 536 g/mol. The second-order valence-electron chi connectivity index (χ2n) is 10.3. The highest BCUT2D eigenvalue weighted by Gasteiger charge is 2.16. The van der Waals surface area contributed by atoms with Gasteiger partial charge in [0.05, 0.1) is 22.2 Å². The molecule has 0 aliphatic carbocycles. The molecule has 8 aromatic rings. The van der Waals surface area contributed by atoms with E-state index in [1.165, 1.54) is 0 Å². The SMILES string of the molecule is c1ccc(-c2cnc3c(ccc4cc(-c5ccccc5-c5nc(-c6ccccc6)c6ccccc6n5)cnc43)c2)cc1. The molecule has 0 bridgehead atoms. The Hall–Kier alpha value is -5.74. The Bertz CT molecular complexity index is 2240. The van der Waals surface area contributed by atoms with Crippen molar-refractivity contribution in [1.29, 1.82) is 0 Å². The second kappa shape index (κ2) is 10.0. The molecule has 0 unspecified atom stereocenters. The summed E-state index contributed by atoms with van der Waals surface area (Å²) in [5.41, 5.74) is 9.96. The van der Waals surface area contributed by atoms with Crippen molar-refractivity contribution in [3.8, 4) is 44.9 Å². The van der Waals surface area contributed by atoms with E-state index in [1.807, 2.05) is 67.0 Å². The Kier molecular flexibility index (Phi) is 5.75. The van der Waals surface area contributed by atoms with Crippen molar-refractivity contribution in [2.24, 2.45) is 0 Å². The van der Waals surface area contributed by atoms with E-state index < -0.39 is 0 Å². The van der Waals surface area contributed by atoms with Crippen LogP contribution < -0.4 is 0 Å². The number of rotatable bonds is 4. The normalized spacial score (nSPS) is 11.3. The summed E-state index contributed by atoms with van der Waals surface area (Å²) in [6.07, 6.45) is 3.87. The van der Waals surface area contributed by atoms with Crippen molar-refractivity contribution in [1.82, 2.24) is 19.9 Å². The third-order valence-corrected chi connectivity index (χ3v) is 7.74. The van der Waals surface area contributed by atoms with Gasteiger partial charge in [-0.05, 0) is 29.3 Å². The number of hydrogen-bond donors (Lipinski definition) is 0. The summed E-state index contributed by atoms with van der Waals surface area (Å²) in [7, 11) is 0. The van der Waals surface area contributed by atoms with Gasteiger partial charge in [0, 0.05) is 50.8 Å². The number of benzene rings is 5. The van der Waals surface area contributed by atoms with Crippen LogP contribution in [-0.4, -0.2) is 19.9 Å². The molecule has 0 aliphatic heterocycles. The van der Waals surface area contributed by atoms with Gasteiger partial charge < -0.3 is 0 Å². The zero-order chi connectivity index (χ0) is 27.9. The van der Waals surface area contributed by atoms with Gasteiger partial charge in [0.25, 0.3) is 0 Å². The van der Waals surface area contributed by atoms with Crippen LogP contribution in [0.15, 0.2) is 146 Å². The molecule has 0 radical (unpaired) electrons. The van der Waals surface area contributed by atoms with Crippen LogP contribution >= 0.6 is 0 Å². The van der Waals surface area contributed by atoms with E-state index in [9.17, 15) is 0 Å². The maximum absolute atomic E-state index is 5.12. The Labute approximate surface area is 243 Å². The Morgan fingerprint density at radius 2 is 0.976 bits per heavy atom. The van der Waals surface area contributed by atoms with Gasteiger partial charge in [0.1, 0.15) is 0 Å². The van der Waals surface area contributed by atoms with Crippen molar-refractivity contribution in [3.63, 3.8) is 0 Å². The van der Waals surface area contributed by atoms with Crippen LogP contribution in [0.1, 0.15) is 0 Å². The lowest BCUT2D eigenvalue weighted by molar-refractivity contribution is 1.23.